The van der Waals surface area contributed by atoms with Crippen LogP contribution in [0.4, 0.5) is 0 Å². The molecule has 0 bridgehead atoms. The maximum atomic E-state index is 5.96. The van der Waals surface area contributed by atoms with Gasteiger partial charge in [0.1, 0.15) is 6.17 Å². The van der Waals surface area contributed by atoms with Gasteiger partial charge in [-0.25, -0.2) is 0 Å². The first kappa shape index (κ1) is 16.1. The van der Waals surface area contributed by atoms with Crippen molar-refractivity contribution >= 4 is 8.80 Å². The standard InChI is InChI=1S/C13H30NO3Si/c1-5-15-18(16-6-2,17-7-3)13-14(4)11-9-8-10-12-14/h5-13H2,1-4H3/q+1. The Kier molecular flexibility index (Phi) is 6.80. The Morgan fingerprint density at radius 3 is 1.67 bits per heavy atom. The third-order valence-electron chi connectivity index (χ3n) is 3.56. The molecule has 0 N–H and O–H groups in total. The van der Waals surface area contributed by atoms with Crippen molar-refractivity contribution in [1.82, 2.24) is 0 Å². The summed E-state index contributed by atoms with van der Waals surface area (Å²) >= 11 is 0. The van der Waals surface area contributed by atoms with Crippen molar-refractivity contribution in [3.63, 3.8) is 0 Å². The second kappa shape index (κ2) is 7.60. The van der Waals surface area contributed by atoms with Crippen LogP contribution in [-0.4, -0.2) is 59.4 Å². The van der Waals surface area contributed by atoms with E-state index >= 15 is 0 Å². The zero-order chi connectivity index (χ0) is 13.5. The molecule has 0 saturated carbocycles. The summed E-state index contributed by atoms with van der Waals surface area (Å²) in [4.78, 5) is 0. The van der Waals surface area contributed by atoms with Gasteiger partial charge in [-0.15, -0.1) is 0 Å². The van der Waals surface area contributed by atoms with E-state index in [0.717, 1.165) is 10.7 Å². The van der Waals surface area contributed by atoms with E-state index in [-0.39, 0.29) is 0 Å². The van der Waals surface area contributed by atoms with Crippen LogP contribution in [0.2, 0.25) is 0 Å². The third kappa shape index (κ3) is 4.62. The van der Waals surface area contributed by atoms with Gasteiger partial charge in [0.2, 0.25) is 0 Å². The predicted octanol–water partition coefficient (Wildman–Crippen LogP) is 2.20. The molecule has 1 aliphatic heterocycles. The minimum atomic E-state index is -2.48. The minimum absolute atomic E-state index is 0.673. The number of quaternary nitrogens is 1. The Morgan fingerprint density at radius 2 is 1.28 bits per heavy atom. The number of piperidine rings is 1. The van der Waals surface area contributed by atoms with Gasteiger partial charge in [0.05, 0.1) is 20.1 Å². The van der Waals surface area contributed by atoms with E-state index in [1.807, 2.05) is 20.8 Å². The average molecular weight is 276 g/mol. The molecule has 0 aromatic rings. The maximum Gasteiger partial charge on any atom is 0.559 e. The summed E-state index contributed by atoms with van der Waals surface area (Å²) in [5.74, 6) is 0. The normalized spacial score (nSPS) is 20.0. The first-order valence-corrected chi connectivity index (χ1v) is 9.28. The Morgan fingerprint density at radius 1 is 0.833 bits per heavy atom. The molecule has 1 fully saturated rings. The van der Waals surface area contributed by atoms with Crippen LogP contribution in [0.3, 0.4) is 0 Å². The van der Waals surface area contributed by atoms with Crippen molar-refractivity contribution < 1.29 is 17.8 Å². The Balaban J connectivity index is 2.73. The molecule has 1 aliphatic rings. The molecule has 0 amide bonds. The van der Waals surface area contributed by atoms with Crippen LogP contribution in [0, 0.1) is 0 Å². The largest absolute Gasteiger partial charge is 0.559 e. The molecule has 0 spiro atoms. The van der Waals surface area contributed by atoms with Gasteiger partial charge < -0.3 is 17.8 Å². The number of nitrogens with zero attached hydrogens (tertiary/aromatic N) is 1. The zero-order valence-corrected chi connectivity index (χ0v) is 13.5. The van der Waals surface area contributed by atoms with Gasteiger partial charge in [-0.05, 0) is 40.0 Å². The minimum Gasteiger partial charge on any atom is -0.370 e. The highest BCUT2D eigenvalue weighted by atomic mass is 28.4. The Labute approximate surface area is 113 Å². The third-order valence-corrected chi connectivity index (χ3v) is 6.90. The fourth-order valence-corrected chi connectivity index (χ4v) is 5.92. The van der Waals surface area contributed by atoms with Crippen molar-refractivity contribution in [2.45, 2.75) is 40.0 Å². The fourth-order valence-electron chi connectivity index (χ4n) is 2.82. The van der Waals surface area contributed by atoms with Crippen LogP contribution in [0.1, 0.15) is 40.0 Å². The molecule has 0 radical (unpaired) electrons. The van der Waals surface area contributed by atoms with E-state index in [1.54, 1.807) is 0 Å². The molecular weight excluding hydrogens is 246 g/mol. The number of rotatable bonds is 8. The summed E-state index contributed by atoms with van der Waals surface area (Å²) in [6.07, 6.45) is 4.90. The second-order valence-corrected chi connectivity index (χ2v) is 7.82. The molecule has 1 heterocycles. The molecule has 1 rings (SSSR count). The summed E-state index contributed by atoms with van der Waals surface area (Å²) in [6.45, 7) is 10.5. The van der Waals surface area contributed by atoms with E-state index in [4.69, 9.17) is 13.3 Å². The molecule has 0 aromatic carbocycles. The lowest BCUT2D eigenvalue weighted by Gasteiger charge is -2.42. The van der Waals surface area contributed by atoms with Crippen molar-refractivity contribution in [2.75, 3.05) is 46.1 Å². The van der Waals surface area contributed by atoms with E-state index in [0.29, 0.717) is 19.8 Å². The van der Waals surface area contributed by atoms with Gasteiger partial charge in [0.15, 0.2) is 0 Å². The van der Waals surface area contributed by atoms with Crippen molar-refractivity contribution in [3.8, 4) is 0 Å². The molecule has 18 heavy (non-hydrogen) atoms. The number of hydrogen-bond acceptors (Lipinski definition) is 3. The first-order valence-electron chi connectivity index (χ1n) is 7.35. The topological polar surface area (TPSA) is 27.7 Å². The highest BCUT2D eigenvalue weighted by Gasteiger charge is 2.49. The van der Waals surface area contributed by atoms with Gasteiger partial charge in [0.25, 0.3) is 0 Å². The van der Waals surface area contributed by atoms with Crippen LogP contribution in [-0.2, 0) is 13.3 Å². The van der Waals surface area contributed by atoms with Gasteiger partial charge in [-0.1, -0.05) is 0 Å². The summed E-state index contributed by atoms with van der Waals surface area (Å²) in [7, 11) is -0.166. The summed E-state index contributed by atoms with van der Waals surface area (Å²) in [5, 5.41) is 0. The molecule has 0 atom stereocenters. The second-order valence-electron chi connectivity index (χ2n) is 5.27. The highest BCUT2D eigenvalue weighted by Crippen LogP contribution is 2.22. The molecule has 5 heteroatoms. The van der Waals surface area contributed by atoms with Crippen LogP contribution in [0.15, 0.2) is 0 Å². The lowest BCUT2D eigenvalue weighted by atomic mass is 10.1. The monoisotopic (exact) mass is 276 g/mol. The lowest BCUT2D eigenvalue weighted by Crippen LogP contribution is -2.63. The quantitative estimate of drug-likeness (QED) is 0.502. The number of hydrogen-bond donors (Lipinski definition) is 0. The van der Waals surface area contributed by atoms with Crippen molar-refractivity contribution in [1.29, 1.82) is 0 Å². The molecule has 0 unspecified atom stereocenters. The molecule has 4 nitrogen and oxygen atoms in total. The van der Waals surface area contributed by atoms with Crippen molar-refractivity contribution in [3.05, 3.63) is 0 Å². The maximum absolute atomic E-state index is 5.96. The van der Waals surface area contributed by atoms with E-state index < -0.39 is 8.80 Å². The molecule has 1 saturated heterocycles. The van der Waals surface area contributed by atoms with Gasteiger partial charge in [-0.3, -0.25) is 0 Å². The van der Waals surface area contributed by atoms with Crippen LogP contribution in [0.25, 0.3) is 0 Å². The van der Waals surface area contributed by atoms with Gasteiger partial charge in [-0.2, -0.15) is 0 Å². The van der Waals surface area contributed by atoms with E-state index in [9.17, 15) is 0 Å². The molecular formula is C13H30NO3Si+. The first-order chi connectivity index (χ1) is 8.60. The fraction of sp³-hybridized carbons (Fsp3) is 1.00. The lowest BCUT2D eigenvalue weighted by molar-refractivity contribution is -0.906. The van der Waals surface area contributed by atoms with E-state index in [1.165, 1.54) is 32.4 Å². The van der Waals surface area contributed by atoms with Gasteiger partial charge >= 0.3 is 8.80 Å². The molecule has 0 aromatic heterocycles. The highest BCUT2D eigenvalue weighted by molar-refractivity contribution is 6.60. The summed E-state index contributed by atoms with van der Waals surface area (Å²) in [6, 6.07) is 0. The van der Waals surface area contributed by atoms with Crippen LogP contribution >= 0.6 is 0 Å². The van der Waals surface area contributed by atoms with E-state index in [2.05, 4.69) is 7.05 Å². The van der Waals surface area contributed by atoms with Crippen LogP contribution in [0.5, 0.6) is 0 Å². The summed E-state index contributed by atoms with van der Waals surface area (Å²) < 4.78 is 18.9. The van der Waals surface area contributed by atoms with Crippen LogP contribution < -0.4 is 0 Å². The molecule has 108 valence electrons. The Bertz CT molecular complexity index is 215. The zero-order valence-electron chi connectivity index (χ0n) is 12.5. The SMILES string of the molecule is CCO[Si](C[N+]1(C)CCCCC1)(OCC)OCC. The summed E-state index contributed by atoms with van der Waals surface area (Å²) in [5.41, 5.74) is 0. The predicted molar refractivity (Wildman–Crippen MR) is 75.3 cm³/mol. The Hall–Kier alpha value is 0.0569. The average Bonchev–Trinajstić information content (AvgIpc) is 2.30. The van der Waals surface area contributed by atoms with Gasteiger partial charge in [0, 0.05) is 19.8 Å². The molecule has 0 aliphatic carbocycles. The van der Waals surface area contributed by atoms with Crippen molar-refractivity contribution in [2.24, 2.45) is 0 Å². The number of likely N-dealkylation sites (tertiary alicyclic amines) is 1. The smallest absolute Gasteiger partial charge is 0.370 e.